The lowest BCUT2D eigenvalue weighted by atomic mass is 10.0. The highest BCUT2D eigenvalue weighted by Gasteiger charge is 2.35. The van der Waals surface area contributed by atoms with Crippen molar-refractivity contribution >= 4 is 34.1 Å². The van der Waals surface area contributed by atoms with Gasteiger partial charge in [-0.15, -0.1) is 11.3 Å². The predicted octanol–water partition coefficient (Wildman–Crippen LogP) is 6.52. The van der Waals surface area contributed by atoms with Crippen LogP contribution in [0, 0.1) is 5.82 Å². The second-order valence-corrected chi connectivity index (χ2v) is 11.1. The second kappa shape index (κ2) is 12.0. The van der Waals surface area contributed by atoms with E-state index in [1.807, 2.05) is 38.4 Å². The van der Waals surface area contributed by atoms with Gasteiger partial charge in [-0.25, -0.2) is 9.97 Å². The molecule has 5 aromatic rings. The standard InChI is InChI=1S/C30H28F4N6O2S/c1-17(20-6-4-5-7-21(20)30(32,33)34)42-26-25(31)29(43-27(26)28(35)41)40-16-38-22-14-18(8-9-23(22)40)19-10-11-36-24(15-19)37-12-13-39(2)3/h4-11,14-17H,12-13H2,1-3H3,(H2,35,41)(H,36,37)/t17-/m1/s1. The smallest absolute Gasteiger partial charge is 0.416 e. The van der Waals surface area contributed by atoms with Crippen LogP contribution in [0.4, 0.5) is 23.4 Å². The van der Waals surface area contributed by atoms with Crippen molar-refractivity contribution in [3.8, 4) is 21.9 Å². The highest BCUT2D eigenvalue weighted by Crippen LogP contribution is 2.42. The highest BCUT2D eigenvalue weighted by molar-refractivity contribution is 7.16. The molecule has 1 atom stereocenters. The number of amides is 1. The Morgan fingerprint density at radius 1 is 1.12 bits per heavy atom. The van der Waals surface area contributed by atoms with E-state index in [0.717, 1.165) is 47.4 Å². The number of benzene rings is 2. The van der Waals surface area contributed by atoms with E-state index in [9.17, 15) is 18.0 Å². The molecule has 0 saturated carbocycles. The lowest BCUT2D eigenvalue weighted by molar-refractivity contribution is -0.139. The summed E-state index contributed by atoms with van der Waals surface area (Å²) in [4.78, 5) is 22.9. The molecule has 43 heavy (non-hydrogen) atoms. The first kappa shape index (κ1) is 30.0. The van der Waals surface area contributed by atoms with Gasteiger partial charge in [-0.1, -0.05) is 24.3 Å². The number of nitrogens with one attached hydrogen (secondary N) is 1. The Hall–Kier alpha value is -4.49. The maximum atomic E-state index is 15.9. The summed E-state index contributed by atoms with van der Waals surface area (Å²) in [5, 5.41) is 3.25. The average Bonchev–Trinajstić information content (AvgIpc) is 3.52. The molecular formula is C30H28F4N6O2S. The molecule has 0 radical (unpaired) electrons. The SMILES string of the molecule is C[C@@H](Oc1c(C(N)=O)sc(-n2cnc3cc(-c4ccnc(NCCN(C)C)c4)ccc32)c1F)c1ccccc1C(F)(F)F. The van der Waals surface area contributed by atoms with E-state index in [-0.39, 0.29) is 15.4 Å². The molecule has 5 rings (SSSR count). The number of thiophene rings is 1. The van der Waals surface area contributed by atoms with E-state index in [1.165, 1.54) is 36.0 Å². The molecule has 0 aliphatic heterocycles. The summed E-state index contributed by atoms with van der Waals surface area (Å²) in [7, 11) is 3.98. The van der Waals surface area contributed by atoms with Crippen LogP contribution in [0.3, 0.4) is 0 Å². The summed E-state index contributed by atoms with van der Waals surface area (Å²) in [6.45, 7) is 2.92. The van der Waals surface area contributed by atoms with Crippen LogP contribution in [-0.4, -0.2) is 52.5 Å². The molecule has 3 aromatic heterocycles. The van der Waals surface area contributed by atoms with Crippen molar-refractivity contribution in [2.45, 2.75) is 19.2 Å². The third-order valence-electron chi connectivity index (χ3n) is 6.74. The minimum atomic E-state index is -4.64. The van der Waals surface area contributed by atoms with E-state index in [0.29, 0.717) is 11.0 Å². The van der Waals surface area contributed by atoms with Crippen molar-refractivity contribution in [1.29, 1.82) is 0 Å². The minimum absolute atomic E-state index is 0.0355. The van der Waals surface area contributed by atoms with Crippen LogP contribution >= 0.6 is 11.3 Å². The summed E-state index contributed by atoms with van der Waals surface area (Å²) in [6.07, 6.45) is -2.77. The van der Waals surface area contributed by atoms with Gasteiger partial charge in [0.2, 0.25) is 5.82 Å². The predicted molar refractivity (Wildman–Crippen MR) is 158 cm³/mol. The molecule has 0 unspecified atom stereocenters. The number of pyridine rings is 1. The molecule has 8 nitrogen and oxygen atoms in total. The average molecular weight is 613 g/mol. The topological polar surface area (TPSA) is 98.3 Å². The first-order valence-electron chi connectivity index (χ1n) is 13.2. The van der Waals surface area contributed by atoms with Gasteiger partial charge in [-0.2, -0.15) is 17.6 Å². The van der Waals surface area contributed by atoms with Gasteiger partial charge in [0.1, 0.15) is 28.1 Å². The lowest BCUT2D eigenvalue weighted by Crippen LogP contribution is -2.21. The first-order chi connectivity index (χ1) is 20.4. The van der Waals surface area contributed by atoms with Crippen LogP contribution in [0.15, 0.2) is 67.1 Å². The molecule has 0 aliphatic carbocycles. The number of likely N-dealkylation sites (N-methyl/N-ethyl adjacent to an activating group) is 1. The second-order valence-electron chi connectivity index (χ2n) is 10.1. The van der Waals surface area contributed by atoms with E-state index >= 15 is 4.39 Å². The number of primary amides is 1. The normalized spacial score (nSPS) is 12.6. The van der Waals surface area contributed by atoms with Crippen LogP contribution < -0.4 is 15.8 Å². The maximum absolute atomic E-state index is 15.9. The fourth-order valence-corrected chi connectivity index (χ4v) is 5.58. The van der Waals surface area contributed by atoms with Crippen LogP contribution in [0.25, 0.3) is 27.2 Å². The molecule has 0 saturated heterocycles. The minimum Gasteiger partial charge on any atom is -0.481 e. The van der Waals surface area contributed by atoms with E-state index in [2.05, 4.69) is 20.2 Å². The third-order valence-corrected chi connectivity index (χ3v) is 7.90. The molecule has 1 amide bonds. The van der Waals surface area contributed by atoms with Gasteiger partial charge in [0.05, 0.1) is 16.6 Å². The van der Waals surface area contributed by atoms with Gasteiger partial charge >= 0.3 is 6.18 Å². The van der Waals surface area contributed by atoms with Crippen LogP contribution in [0.5, 0.6) is 5.75 Å². The van der Waals surface area contributed by atoms with E-state index < -0.39 is 35.3 Å². The fraction of sp³-hybridized carbons (Fsp3) is 0.233. The van der Waals surface area contributed by atoms with Crippen molar-refractivity contribution in [3.05, 3.63) is 88.9 Å². The molecule has 0 bridgehead atoms. The summed E-state index contributed by atoms with van der Waals surface area (Å²) >= 11 is 0.732. The number of nitrogens with two attached hydrogens (primary N) is 1. The summed E-state index contributed by atoms with van der Waals surface area (Å²) in [5.74, 6) is -1.69. The van der Waals surface area contributed by atoms with Gasteiger partial charge in [-0.3, -0.25) is 9.36 Å². The van der Waals surface area contributed by atoms with Crippen molar-refractivity contribution in [1.82, 2.24) is 19.4 Å². The zero-order valence-corrected chi connectivity index (χ0v) is 24.3. The number of halogens is 4. The molecule has 2 aromatic carbocycles. The van der Waals surface area contributed by atoms with Gasteiger partial charge in [0, 0.05) is 24.8 Å². The first-order valence-corrected chi connectivity index (χ1v) is 14.0. The Morgan fingerprint density at radius 2 is 1.86 bits per heavy atom. The number of hydrogen-bond acceptors (Lipinski definition) is 7. The largest absolute Gasteiger partial charge is 0.481 e. The Balaban J connectivity index is 1.46. The maximum Gasteiger partial charge on any atom is 0.416 e. The number of fused-ring (bicyclic) bond motifs is 1. The monoisotopic (exact) mass is 612 g/mol. The number of anilines is 1. The van der Waals surface area contributed by atoms with Crippen molar-refractivity contribution in [2.24, 2.45) is 5.73 Å². The number of rotatable bonds is 10. The molecule has 0 spiro atoms. The Kier molecular flexibility index (Phi) is 8.38. The molecule has 3 heterocycles. The van der Waals surface area contributed by atoms with Crippen molar-refractivity contribution < 1.29 is 27.1 Å². The molecule has 0 fully saturated rings. The zero-order valence-electron chi connectivity index (χ0n) is 23.4. The number of carbonyl (C=O) groups is 1. The third kappa shape index (κ3) is 6.32. The Bertz CT molecular complexity index is 1780. The van der Waals surface area contributed by atoms with E-state index in [4.69, 9.17) is 10.5 Å². The molecule has 13 heteroatoms. The lowest BCUT2D eigenvalue weighted by Gasteiger charge is -2.19. The van der Waals surface area contributed by atoms with Crippen molar-refractivity contribution in [3.63, 3.8) is 0 Å². The summed E-state index contributed by atoms with van der Waals surface area (Å²) in [5.41, 5.74) is 7.27. The number of nitrogens with zero attached hydrogens (tertiary/aromatic N) is 4. The molecular weight excluding hydrogens is 584 g/mol. The van der Waals surface area contributed by atoms with Crippen LogP contribution in [0.2, 0.25) is 0 Å². The van der Waals surface area contributed by atoms with Gasteiger partial charge < -0.3 is 20.7 Å². The quantitative estimate of drug-likeness (QED) is 0.174. The van der Waals surface area contributed by atoms with Crippen LogP contribution in [-0.2, 0) is 6.18 Å². The number of carbonyl (C=O) groups excluding carboxylic acids is 1. The van der Waals surface area contributed by atoms with Gasteiger partial charge in [0.15, 0.2) is 5.75 Å². The number of hydrogen-bond donors (Lipinski definition) is 2. The molecule has 224 valence electrons. The summed E-state index contributed by atoms with van der Waals surface area (Å²) < 4.78 is 63.8. The highest BCUT2D eigenvalue weighted by atomic mass is 32.1. The Labute approximate surface area is 248 Å². The van der Waals surface area contributed by atoms with Crippen molar-refractivity contribution in [2.75, 3.05) is 32.5 Å². The number of aromatic nitrogens is 3. The number of imidazole rings is 1. The molecule has 3 N–H and O–H groups in total. The zero-order chi connectivity index (χ0) is 30.9. The van der Waals surface area contributed by atoms with E-state index in [1.54, 1.807) is 12.3 Å². The fourth-order valence-electron chi connectivity index (χ4n) is 4.63. The Morgan fingerprint density at radius 3 is 2.58 bits per heavy atom. The van der Waals surface area contributed by atoms with Gasteiger partial charge in [-0.05, 0) is 62.5 Å². The summed E-state index contributed by atoms with van der Waals surface area (Å²) in [6, 6.07) is 14.1. The number of alkyl halides is 3. The van der Waals surface area contributed by atoms with Gasteiger partial charge in [0.25, 0.3) is 5.91 Å². The number of ether oxygens (including phenoxy) is 1. The molecule has 0 aliphatic rings. The van der Waals surface area contributed by atoms with Crippen LogP contribution in [0.1, 0.15) is 33.8 Å².